The molecule has 0 aliphatic carbocycles. The molecule has 26 heavy (non-hydrogen) atoms. The van der Waals surface area contributed by atoms with Crippen molar-refractivity contribution in [1.82, 2.24) is 9.47 Å². The van der Waals surface area contributed by atoms with Crippen molar-refractivity contribution in [1.29, 1.82) is 5.26 Å². The fraction of sp³-hybridized carbons (Fsp3) is 0.316. The summed E-state index contributed by atoms with van der Waals surface area (Å²) in [5.74, 6) is -0.686. The summed E-state index contributed by atoms with van der Waals surface area (Å²) >= 11 is 0. The number of nitrogens with zero attached hydrogens (tertiary/aromatic N) is 3. The summed E-state index contributed by atoms with van der Waals surface area (Å²) in [6, 6.07) is 7.17. The third kappa shape index (κ3) is 3.26. The van der Waals surface area contributed by atoms with Crippen molar-refractivity contribution in [2.75, 3.05) is 25.9 Å². The van der Waals surface area contributed by atoms with Crippen molar-refractivity contribution in [3.63, 3.8) is 0 Å². The number of hydrogen-bond donors (Lipinski definition) is 1. The second-order valence-electron chi connectivity index (χ2n) is 5.76. The maximum atomic E-state index is 12.5. The van der Waals surface area contributed by atoms with E-state index in [9.17, 15) is 14.9 Å². The molecule has 1 amide bonds. The first-order valence-electron chi connectivity index (χ1n) is 8.29. The van der Waals surface area contributed by atoms with E-state index in [2.05, 4.69) is 0 Å². The molecule has 0 saturated carbocycles. The summed E-state index contributed by atoms with van der Waals surface area (Å²) in [7, 11) is 1.25. The molecule has 0 fully saturated rings. The van der Waals surface area contributed by atoms with E-state index in [0.29, 0.717) is 24.3 Å². The van der Waals surface area contributed by atoms with Crippen molar-refractivity contribution in [3.05, 3.63) is 46.8 Å². The Morgan fingerprint density at radius 1 is 1.31 bits per heavy atom. The molecule has 0 unspecified atom stereocenters. The smallest absolute Gasteiger partial charge is 0.357 e. The summed E-state index contributed by atoms with van der Waals surface area (Å²) < 4.78 is 6.32. The van der Waals surface area contributed by atoms with Crippen LogP contribution in [0.1, 0.15) is 45.8 Å². The fourth-order valence-corrected chi connectivity index (χ4v) is 2.86. The number of methoxy groups -OCH3 is 1. The Kier molecular flexibility index (Phi) is 5.68. The van der Waals surface area contributed by atoms with Crippen LogP contribution < -0.4 is 5.73 Å². The number of hydrogen-bond acceptors (Lipinski definition) is 5. The summed E-state index contributed by atoms with van der Waals surface area (Å²) in [4.78, 5) is 26.4. The van der Waals surface area contributed by atoms with Crippen LogP contribution in [0.4, 0.5) is 5.69 Å². The van der Waals surface area contributed by atoms with Gasteiger partial charge >= 0.3 is 5.97 Å². The largest absolute Gasteiger partial charge is 0.464 e. The predicted molar refractivity (Wildman–Crippen MR) is 98.2 cm³/mol. The molecule has 1 aromatic heterocycles. The van der Waals surface area contributed by atoms with Crippen molar-refractivity contribution < 1.29 is 14.3 Å². The number of rotatable bonds is 5. The first-order valence-corrected chi connectivity index (χ1v) is 8.29. The molecule has 0 bridgehead atoms. The van der Waals surface area contributed by atoms with Crippen molar-refractivity contribution >= 4 is 17.6 Å². The second kappa shape index (κ2) is 7.74. The molecular weight excluding hydrogens is 332 g/mol. The van der Waals surface area contributed by atoms with Crippen molar-refractivity contribution in [2.24, 2.45) is 0 Å². The topological polar surface area (TPSA) is 101 Å². The van der Waals surface area contributed by atoms with Gasteiger partial charge < -0.3 is 19.9 Å². The summed E-state index contributed by atoms with van der Waals surface area (Å²) in [6.07, 6.45) is 1.50. The second-order valence-corrected chi connectivity index (χ2v) is 5.76. The van der Waals surface area contributed by atoms with Crippen LogP contribution in [0.5, 0.6) is 0 Å². The summed E-state index contributed by atoms with van der Waals surface area (Å²) in [6.45, 7) is 6.94. The quantitative estimate of drug-likeness (QED) is 0.831. The van der Waals surface area contributed by atoms with Gasteiger partial charge in [0, 0.05) is 30.5 Å². The van der Waals surface area contributed by atoms with E-state index >= 15 is 0 Å². The first kappa shape index (κ1) is 19.1. The van der Waals surface area contributed by atoms with Gasteiger partial charge in [-0.05, 0) is 44.5 Å². The number of amides is 1. The SMILES string of the molecule is CCN(CC)C(=O)c1ccc(-n2cc(C#N)c(N)c2C(=O)OC)c(C)c1. The highest BCUT2D eigenvalue weighted by Crippen LogP contribution is 2.27. The highest BCUT2D eigenvalue weighted by molar-refractivity contribution is 5.97. The van der Waals surface area contributed by atoms with Crippen LogP contribution in [0, 0.1) is 18.3 Å². The van der Waals surface area contributed by atoms with E-state index in [0.717, 1.165) is 5.56 Å². The lowest BCUT2D eigenvalue weighted by atomic mass is 10.1. The van der Waals surface area contributed by atoms with Crippen LogP contribution >= 0.6 is 0 Å². The molecule has 2 aromatic rings. The van der Waals surface area contributed by atoms with Crippen LogP contribution in [0.2, 0.25) is 0 Å². The molecule has 7 heteroatoms. The van der Waals surface area contributed by atoms with Gasteiger partial charge in [0.2, 0.25) is 0 Å². The molecule has 0 saturated heterocycles. The van der Waals surface area contributed by atoms with E-state index in [-0.39, 0.29) is 22.9 Å². The summed E-state index contributed by atoms with van der Waals surface area (Å²) in [5, 5.41) is 9.21. The number of carbonyl (C=O) groups is 2. The van der Waals surface area contributed by atoms with Gasteiger partial charge in [-0.1, -0.05) is 0 Å². The number of anilines is 1. The highest BCUT2D eigenvalue weighted by Gasteiger charge is 2.23. The number of benzene rings is 1. The molecular formula is C19H22N4O3. The molecule has 136 valence electrons. The van der Waals surface area contributed by atoms with Gasteiger partial charge in [0.15, 0.2) is 5.69 Å². The number of ether oxygens (including phenoxy) is 1. The molecule has 0 aliphatic heterocycles. The zero-order valence-electron chi connectivity index (χ0n) is 15.4. The third-order valence-corrected chi connectivity index (χ3v) is 4.30. The zero-order valence-corrected chi connectivity index (χ0v) is 15.4. The summed E-state index contributed by atoms with van der Waals surface area (Å²) in [5.41, 5.74) is 8.26. The Morgan fingerprint density at radius 2 is 1.96 bits per heavy atom. The molecule has 0 atom stereocenters. The number of aryl methyl sites for hydroxylation is 1. The van der Waals surface area contributed by atoms with Crippen LogP contribution in [-0.2, 0) is 4.74 Å². The maximum Gasteiger partial charge on any atom is 0.357 e. The standard InChI is InChI=1S/C19H22N4O3/c1-5-22(6-2)18(24)13-7-8-15(12(3)9-13)23-11-14(10-20)16(21)17(23)19(25)26-4/h7-9,11H,5-6,21H2,1-4H3. The van der Waals surface area contributed by atoms with Gasteiger partial charge in [-0.25, -0.2) is 4.79 Å². The molecule has 7 nitrogen and oxygen atoms in total. The van der Waals surface area contributed by atoms with Gasteiger partial charge in [-0.3, -0.25) is 4.79 Å². The average molecular weight is 354 g/mol. The first-order chi connectivity index (χ1) is 12.4. The third-order valence-electron chi connectivity index (χ3n) is 4.30. The minimum absolute atomic E-state index is 0.0532. The van der Waals surface area contributed by atoms with E-state index in [1.807, 2.05) is 26.8 Å². The molecule has 1 aromatic carbocycles. The number of nitrogens with two attached hydrogens (primary N) is 1. The Balaban J connectivity index is 2.56. The molecule has 1 heterocycles. The molecule has 0 radical (unpaired) electrons. The number of carbonyl (C=O) groups excluding carboxylic acids is 2. The monoisotopic (exact) mass is 354 g/mol. The minimum atomic E-state index is -0.633. The molecule has 0 spiro atoms. The minimum Gasteiger partial charge on any atom is -0.464 e. The van der Waals surface area contributed by atoms with E-state index in [1.165, 1.54) is 17.9 Å². The van der Waals surface area contributed by atoms with Crippen LogP contribution in [0.25, 0.3) is 5.69 Å². The number of nitriles is 1. The fourth-order valence-electron chi connectivity index (χ4n) is 2.86. The Labute approximate surface area is 152 Å². The Hall–Kier alpha value is -3.27. The zero-order chi connectivity index (χ0) is 19.4. The highest BCUT2D eigenvalue weighted by atomic mass is 16.5. The molecule has 0 aliphatic rings. The van der Waals surface area contributed by atoms with Crippen molar-refractivity contribution in [2.45, 2.75) is 20.8 Å². The van der Waals surface area contributed by atoms with Crippen molar-refractivity contribution in [3.8, 4) is 11.8 Å². The van der Waals surface area contributed by atoms with Crippen LogP contribution in [0.15, 0.2) is 24.4 Å². The normalized spacial score (nSPS) is 10.3. The van der Waals surface area contributed by atoms with Gasteiger partial charge in [0.1, 0.15) is 6.07 Å². The van der Waals surface area contributed by atoms with E-state index in [4.69, 9.17) is 10.5 Å². The Morgan fingerprint density at radius 3 is 2.46 bits per heavy atom. The lowest BCUT2D eigenvalue weighted by molar-refractivity contribution is 0.0592. The van der Waals surface area contributed by atoms with Gasteiger partial charge in [-0.2, -0.15) is 5.26 Å². The number of esters is 1. The van der Waals surface area contributed by atoms with Gasteiger partial charge in [-0.15, -0.1) is 0 Å². The lowest BCUT2D eigenvalue weighted by Gasteiger charge is -2.19. The lowest BCUT2D eigenvalue weighted by Crippen LogP contribution is -2.30. The van der Waals surface area contributed by atoms with Crippen LogP contribution in [0.3, 0.4) is 0 Å². The van der Waals surface area contributed by atoms with E-state index in [1.54, 1.807) is 23.1 Å². The average Bonchev–Trinajstić information content (AvgIpc) is 2.98. The number of aromatic nitrogens is 1. The maximum absolute atomic E-state index is 12.5. The van der Waals surface area contributed by atoms with E-state index < -0.39 is 5.97 Å². The Bertz CT molecular complexity index is 889. The number of nitrogen functional groups attached to an aromatic ring is 1. The van der Waals surface area contributed by atoms with Crippen LogP contribution in [-0.4, -0.2) is 41.5 Å². The van der Waals surface area contributed by atoms with Gasteiger partial charge in [0.05, 0.1) is 18.4 Å². The van der Waals surface area contributed by atoms with Gasteiger partial charge in [0.25, 0.3) is 5.91 Å². The molecule has 2 N–H and O–H groups in total. The molecule has 2 rings (SSSR count). The predicted octanol–water partition coefficient (Wildman–Crippen LogP) is 2.51.